The summed E-state index contributed by atoms with van der Waals surface area (Å²) in [6.07, 6.45) is 0.151. The van der Waals surface area contributed by atoms with Crippen LogP contribution in [0.1, 0.15) is 19.4 Å². The van der Waals surface area contributed by atoms with Crippen LogP contribution in [0, 0.1) is 0 Å². The third-order valence-corrected chi connectivity index (χ3v) is 3.31. The number of nitrogens with one attached hydrogen (secondary N) is 2. The first-order valence-electron chi connectivity index (χ1n) is 7.97. The van der Waals surface area contributed by atoms with Gasteiger partial charge in [-0.25, -0.2) is 0 Å². The largest absolute Gasteiger partial charge is 0.497 e. The highest BCUT2D eigenvalue weighted by Crippen LogP contribution is 2.16. The second kappa shape index (κ2) is 8.82. The van der Waals surface area contributed by atoms with E-state index < -0.39 is 0 Å². The van der Waals surface area contributed by atoms with Crippen LogP contribution in [-0.2, 0) is 11.3 Å². The first-order chi connectivity index (χ1) is 11.6. The van der Waals surface area contributed by atoms with Gasteiger partial charge in [0.2, 0.25) is 5.91 Å². The number of hydrogen-bond acceptors (Lipinski definition) is 4. The summed E-state index contributed by atoms with van der Waals surface area (Å²) >= 11 is 0. The van der Waals surface area contributed by atoms with Crippen molar-refractivity contribution in [2.75, 3.05) is 19.0 Å². The quantitative estimate of drug-likeness (QED) is 0.781. The molecule has 24 heavy (non-hydrogen) atoms. The van der Waals surface area contributed by atoms with Crippen LogP contribution in [0.4, 0.5) is 5.69 Å². The first-order valence-corrected chi connectivity index (χ1v) is 7.97. The van der Waals surface area contributed by atoms with Crippen LogP contribution in [-0.4, -0.2) is 25.7 Å². The predicted octanol–water partition coefficient (Wildman–Crippen LogP) is 3.21. The predicted molar refractivity (Wildman–Crippen MR) is 95.5 cm³/mol. The van der Waals surface area contributed by atoms with Gasteiger partial charge in [0.25, 0.3) is 0 Å². The molecule has 2 N–H and O–H groups in total. The highest BCUT2D eigenvalue weighted by molar-refractivity contribution is 5.80. The van der Waals surface area contributed by atoms with E-state index >= 15 is 0 Å². The number of hydrogen-bond donors (Lipinski definition) is 2. The minimum atomic E-state index is -0.0691. The van der Waals surface area contributed by atoms with E-state index in [9.17, 15) is 4.79 Å². The van der Waals surface area contributed by atoms with Gasteiger partial charge in [0.1, 0.15) is 11.5 Å². The molecule has 2 aromatic rings. The number of anilines is 1. The molecule has 0 aliphatic heterocycles. The summed E-state index contributed by atoms with van der Waals surface area (Å²) in [6, 6.07) is 15.2. The summed E-state index contributed by atoms with van der Waals surface area (Å²) in [6.45, 7) is 4.68. The van der Waals surface area contributed by atoms with Crippen LogP contribution in [0.3, 0.4) is 0 Å². The van der Waals surface area contributed by atoms with Gasteiger partial charge in [0.15, 0.2) is 0 Å². The van der Waals surface area contributed by atoms with E-state index in [-0.39, 0.29) is 18.6 Å². The number of ether oxygens (including phenoxy) is 2. The lowest BCUT2D eigenvalue weighted by Crippen LogP contribution is -2.29. The van der Waals surface area contributed by atoms with Crippen molar-refractivity contribution in [3.05, 3.63) is 54.1 Å². The van der Waals surface area contributed by atoms with Gasteiger partial charge in [-0.3, -0.25) is 4.79 Å². The maximum atomic E-state index is 11.9. The molecule has 0 radical (unpaired) electrons. The fourth-order valence-corrected chi connectivity index (χ4v) is 2.14. The summed E-state index contributed by atoms with van der Waals surface area (Å²) in [5, 5.41) is 5.96. The van der Waals surface area contributed by atoms with Gasteiger partial charge in [0.05, 0.1) is 19.8 Å². The van der Waals surface area contributed by atoms with Gasteiger partial charge >= 0.3 is 0 Å². The van der Waals surface area contributed by atoms with Crippen molar-refractivity contribution in [3.63, 3.8) is 0 Å². The fraction of sp³-hybridized carbons (Fsp3) is 0.316. The standard InChI is InChI=1S/C19H24N2O3/c1-14(2)24-17-9-7-15(8-10-17)12-21-19(22)13-20-16-5-4-6-18(11-16)23-3/h4-11,14,20H,12-13H2,1-3H3,(H,21,22). The number of rotatable bonds is 8. The molecule has 128 valence electrons. The number of carbonyl (C=O) groups is 1. The zero-order valence-corrected chi connectivity index (χ0v) is 14.3. The molecule has 2 aromatic carbocycles. The van der Waals surface area contributed by atoms with E-state index in [1.165, 1.54) is 0 Å². The smallest absolute Gasteiger partial charge is 0.239 e. The summed E-state index contributed by atoms with van der Waals surface area (Å²) in [7, 11) is 1.61. The van der Waals surface area contributed by atoms with Crippen molar-refractivity contribution in [3.8, 4) is 11.5 Å². The molecule has 0 aliphatic rings. The van der Waals surface area contributed by atoms with Crippen molar-refractivity contribution < 1.29 is 14.3 Å². The molecular formula is C19H24N2O3. The van der Waals surface area contributed by atoms with E-state index in [0.29, 0.717) is 6.54 Å². The van der Waals surface area contributed by atoms with Crippen molar-refractivity contribution in [1.82, 2.24) is 5.32 Å². The molecule has 0 saturated heterocycles. The Morgan fingerprint density at radius 1 is 1.08 bits per heavy atom. The van der Waals surface area contributed by atoms with Crippen LogP contribution in [0.5, 0.6) is 11.5 Å². The molecule has 0 saturated carbocycles. The van der Waals surface area contributed by atoms with E-state index in [2.05, 4.69) is 10.6 Å². The highest BCUT2D eigenvalue weighted by atomic mass is 16.5. The molecule has 2 rings (SSSR count). The molecule has 0 aliphatic carbocycles. The molecule has 0 spiro atoms. The van der Waals surface area contributed by atoms with Gasteiger partial charge < -0.3 is 20.1 Å². The second-order valence-electron chi connectivity index (χ2n) is 5.67. The van der Waals surface area contributed by atoms with E-state index in [0.717, 1.165) is 22.7 Å². The third kappa shape index (κ3) is 5.83. The lowest BCUT2D eigenvalue weighted by Gasteiger charge is -2.11. The molecule has 0 fully saturated rings. The topological polar surface area (TPSA) is 59.6 Å². The molecule has 0 atom stereocenters. The SMILES string of the molecule is COc1cccc(NCC(=O)NCc2ccc(OC(C)C)cc2)c1. The summed E-state index contributed by atoms with van der Waals surface area (Å²) < 4.78 is 10.7. The van der Waals surface area contributed by atoms with Gasteiger partial charge in [-0.15, -0.1) is 0 Å². The zero-order valence-electron chi connectivity index (χ0n) is 14.3. The lowest BCUT2D eigenvalue weighted by atomic mass is 10.2. The molecular weight excluding hydrogens is 304 g/mol. The first kappa shape index (κ1) is 17.7. The number of carbonyl (C=O) groups excluding carboxylic acids is 1. The Morgan fingerprint density at radius 3 is 2.50 bits per heavy atom. The van der Waals surface area contributed by atoms with Crippen LogP contribution in [0.15, 0.2) is 48.5 Å². The van der Waals surface area contributed by atoms with Gasteiger partial charge in [-0.05, 0) is 43.7 Å². The maximum absolute atomic E-state index is 11.9. The lowest BCUT2D eigenvalue weighted by molar-refractivity contribution is -0.119. The molecule has 0 heterocycles. The summed E-state index contributed by atoms with van der Waals surface area (Å²) in [5.41, 5.74) is 1.88. The number of methoxy groups -OCH3 is 1. The van der Waals surface area contributed by atoms with E-state index in [4.69, 9.17) is 9.47 Å². The van der Waals surface area contributed by atoms with Crippen molar-refractivity contribution in [2.24, 2.45) is 0 Å². The van der Waals surface area contributed by atoms with Crippen molar-refractivity contribution >= 4 is 11.6 Å². The molecule has 5 heteroatoms. The monoisotopic (exact) mass is 328 g/mol. The van der Waals surface area contributed by atoms with Crippen LogP contribution < -0.4 is 20.1 Å². The molecule has 5 nitrogen and oxygen atoms in total. The zero-order chi connectivity index (χ0) is 17.4. The van der Waals surface area contributed by atoms with E-state index in [1.54, 1.807) is 7.11 Å². The van der Waals surface area contributed by atoms with Crippen molar-refractivity contribution in [1.29, 1.82) is 0 Å². The molecule has 1 amide bonds. The Labute approximate surface area is 143 Å². The highest BCUT2D eigenvalue weighted by Gasteiger charge is 2.03. The van der Waals surface area contributed by atoms with Gasteiger partial charge in [0, 0.05) is 18.3 Å². The van der Waals surface area contributed by atoms with E-state index in [1.807, 2.05) is 62.4 Å². The van der Waals surface area contributed by atoms with Gasteiger partial charge in [-0.2, -0.15) is 0 Å². The maximum Gasteiger partial charge on any atom is 0.239 e. The number of amides is 1. The minimum Gasteiger partial charge on any atom is -0.497 e. The van der Waals surface area contributed by atoms with Crippen molar-refractivity contribution in [2.45, 2.75) is 26.5 Å². The Balaban J connectivity index is 1.76. The average Bonchev–Trinajstić information content (AvgIpc) is 2.59. The normalized spacial score (nSPS) is 10.3. The minimum absolute atomic E-state index is 0.0691. The fourth-order valence-electron chi connectivity index (χ4n) is 2.14. The summed E-state index contributed by atoms with van der Waals surface area (Å²) in [4.78, 5) is 11.9. The molecule has 0 aromatic heterocycles. The Hall–Kier alpha value is -2.69. The molecule has 0 unspecified atom stereocenters. The third-order valence-electron chi connectivity index (χ3n) is 3.31. The van der Waals surface area contributed by atoms with Crippen LogP contribution in [0.2, 0.25) is 0 Å². The Morgan fingerprint density at radius 2 is 1.83 bits per heavy atom. The number of benzene rings is 2. The van der Waals surface area contributed by atoms with Crippen LogP contribution >= 0.6 is 0 Å². The van der Waals surface area contributed by atoms with Crippen LogP contribution in [0.25, 0.3) is 0 Å². The Kier molecular flexibility index (Phi) is 6.49. The average molecular weight is 328 g/mol. The summed E-state index contributed by atoms with van der Waals surface area (Å²) in [5.74, 6) is 1.52. The van der Waals surface area contributed by atoms with Gasteiger partial charge in [-0.1, -0.05) is 18.2 Å². The molecule has 0 bridgehead atoms. The second-order valence-corrected chi connectivity index (χ2v) is 5.67. The Bertz CT molecular complexity index is 654.